The number of nitrogens with zero attached hydrogens (tertiary/aromatic N) is 2. The third kappa shape index (κ3) is 3.32. The average Bonchev–Trinajstić information content (AvgIpc) is 2.37. The monoisotopic (exact) mass is 288 g/mol. The minimum absolute atomic E-state index is 0.0124. The molecule has 1 aromatic carbocycles. The van der Waals surface area contributed by atoms with Gasteiger partial charge in [-0.3, -0.25) is 10.1 Å². The lowest BCUT2D eigenvalue weighted by molar-refractivity contribution is -0.386. The Kier molecular flexibility index (Phi) is 4.33. The summed E-state index contributed by atoms with van der Waals surface area (Å²) < 4.78 is 34.3. The first-order valence-corrected chi connectivity index (χ1v) is 6.07. The molecule has 0 amide bonds. The third-order valence-electron chi connectivity index (χ3n) is 2.96. The van der Waals surface area contributed by atoms with Gasteiger partial charge in [-0.05, 0) is 13.0 Å². The first kappa shape index (κ1) is 14.4. The number of alkyl halides is 2. The lowest BCUT2D eigenvalue weighted by atomic mass is 10.2. The van der Waals surface area contributed by atoms with Crippen molar-refractivity contribution in [1.82, 2.24) is 0 Å². The zero-order valence-corrected chi connectivity index (χ0v) is 10.8. The van der Waals surface area contributed by atoms with Gasteiger partial charge in [0.25, 0.3) is 0 Å². The maximum atomic E-state index is 12.3. The minimum atomic E-state index is -3.10. The van der Waals surface area contributed by atoms with E-state index in [1.54, 1.807) is 0 Å². The van der Waals surface area contributed by atoms with Gasteiger partial charge in [0.05, 0.1) is 17.6 Å². The third-order valence-corrected chi connectivity index (χ3v) is 2.96. The van der Waals surface area contributed by atoms with E-state index in [0.29, 0.717) is 25.4 Å². The topological polar surface area (TPSA) is 64.8 Å². The molecule has 6 nitrogen and oxygen atoms in total. The molecule has 1 aliphatic heterocycles. The van der Waals surface area contributed by atoms with Gasteiger partial charge in [0, 0.05) is 30.9 Å². The summed E-state index contributed by atoms with van der Waals surface area (Å²) in [7, 11) is 0. The normalized spacial score (nSPS) is 19.2. The first-order chi connectivity index (χ1) is 9.47. The van der Waals surface area contributed by atoms with Crippen LogP contribution in [0.25, 0.3) is 0 Å². The molecule has 1 heterocycles. The van der Waals surface area contributed by atoms with E-state index in [-0.39, 0.29) is 6.10 Å². The summed E-state index contributed by atoms with van der Waals surface area (Å²) in [5.41, 5.74) is 0.122. The molecule has 20 heavy (non-hydrogen) atoms. The summed E-state index contributed by atoms with van der Waals surface area (Å²) in [6, 6.07) is 3.96. The van der Waals surface area contributed by atoms with E-state index < -0.39 is 23.0 Å². The minimum Gasteiger partial charge on any atom is -0.427 e. The second-order valence-electron chi connectivity index (χ2n) is 4.42. The van der Waals surface area contributed by atoms with Crippen LogP contribution in [0.5, 0.6) is 5.75 Å². The van der Waals surface area contributed by atoms with Gasteiger partial charge in [0.2, 0.25) is 5.75 Å². The van der Waals surface area contributed by atoms with Crippen LogP contribution in [0.2, 0.25) is 0 Å². The Balaban J connectivity index is 2.28. The SMILES string of the molecule is C[C@H]1CN(c2ccc([N+](=O)[O-])c(OC(F)F)c2)CCO1. The van der Waals surface area contributed by atoms with Crippen LogP contribution in [-0.4, -0.2) is 37.3 Å². The summed E-state index contributed by atoms with van der Waals surface area (Å²) in [6.45, 7) is 0.493. The Labute approximate surface area is 114 Å². The molecule has 0 radical (unpaired) electrons. The van der Waals surface area contributed by atoms with E-state index >= 15 is 0 Å². The molecule has 2 rings (SSSR count). The van der Waals surface area contributed by atoms with Crippen molar-refractivity contribution in [1.29, 1.82) is 0 Å². The van der Waals surface area contributed by atoms with Crippen LogP contribution in [0.4, 0.5) is 20.2 Å². The van der Waals surface area contributed by atoms with Crippen LogP contribution >= 0.6 is 0 Å². The fraction of sp³-hybridized carbons (Fsp3) is 0.500. The summed E-state index contributed by atoms with van der Waals surface area (Å²) in [5, 5.41) is 10.8. The number of ether oxygens (including phenoxy) is 2. The molecule has 1 saturated heterocycles. The molecule has 0 aromatic heterocycles. The fourth-order valence-electron chi connectivity index (χ4n) is 2.09. The largest absolute Gasteiger partial charge is 0.427 e. The molecule has 0 bridgehead atoms. The average molecular weight is 288 g/mol. The second kappa shape index (κ2) is 6.00. The van der Waals surface area contributed by atoms with Gasteiger partial charge >= 0.3 is 12.3 Å². The molecule has 1 aliphatic rings. The molecule has 110 valence electrons. The zero-order chi connectivity index (χ0) is 14.7. The number of nitro groups is 1. The van der Waals surface area contributed by atoms with Gasteiger partial charge in [-0.2, -0.15) is 8.78 Å². The van der Waals surface area contributed by atoms with Crippen molar-refractivity contribution in [2.75, 3.05) is 24.6 Å². The molecule has 1 atom stereocenters. The molecule has 8 heteroatoms. The van der Waals surface area contributed by atoms with Crippen molar-refractivity contribution in [2.24, 2.45) is 0 Å². The van der Waals surface area contributed by atoms with Gasteiger partial charge in [0.1, 0.15) is 0 Å². The summed E-state index contributed by atoms with van der Waals surface area (Å²) in [5.74, 6) is -0.429. The van der Waals surface area contributed by atoms with Crippen molar-refractivity contribution in [3.05, 3.63) is 28.3 Å². The van der Waals surface area contributed by atoms with Crippen LogP contribution in [0.3, 0.4) is 0 Å². The predicted molar refractivity (Wildman–Crippen MR) is 67.4 cm³/mol. The van der Waals surface area contributed by atoms with Crippen LogP contribution in [0, 0.1) is 10.1 Å². The van der Waals surface area contributed by atoms with E-state index in [0.717, 1.165) is 0 Å². The van der Waals surface area contributed by atoms with Gasteiger partial charge in [-0.15, -0.1) is 0 Å². The molecular formula is C12H14F2N2O4. The Morgan fingerprint density at radius 3 is 2.90 bits per heavy atom. The molecule has 0 unspecified atom stereocenters. The summed E-state index contributed by atoms with van der Waals surface area (Å²) >= 11 is 0. The van der Waals surface area contributed by atoms with E-state index in [2.05, 4.69) is 4.74 Å². The lowest BCUT2D eigenvalue weighted by Crippen LogP contribution is -2.41. The highest BCUT2D eigenvalue weighted by Crippen LogP contribution is 2.33. The number of anilines is 1. The zero-order valence-electron chi connectivity index (χ0n) is 10.8. The number of benzene rings is 1. The Hall–Kier alpha value is -1.96. The van der Waals surface area contributed by atoms with E-state index in [4.69, 9.17) is 4.74 Å². The summed E-state index contributed by atoms with van der Waals surface area (Å²) in [6.07, 6.45) is 0.0124. The molecule has 0 saturated carbocycles. The van der Waals surface area contributed by atoms with Gasteiger partial charge < -0.3 is 14.4 Å². The highest BCUT2D eigenvalue weighted by Gasteiger charge is 2.23. The Bertz CT molecular complexity index is 498. The molecule has 1 aromatic rings. The van der Waals surface area contributed by atoms with E-state index in [1.807, 2.05) is 11.8 Å². The Morgan fingerprint density at radius 1 is 1.55 bits per heavy atom. The predicted octanol–water partition coefficient (Wildman–Crippen LogP) is 2.42. The van der Waals surface area contributed by atoms with Gasteiger partial charge in [-0.25, -0.2) is 0 Å². The van der Waals surface area contributed by atoms with Crippen LogP contribution < -0.4 is 9.64 Å². The van der Waals surface area contributed by atoms with Gasteiger partial charge in [0.15, 0.2) is 0 Å². The van der Waals surface area contributed by atoms with Crippen molar-refractivity contribution in [3.63, 3.8) is 0 Å². The first-order valence-electron chi connectivity index (χ1n) is 6.07. The van der Waals surface area contributed by atoms with Crippen LogP contribution in [-0.2, 0) is 4.74 Å². The molecule has 1 fully saturated rings. The van der Waals surface area contributed by atoms with E-state index in [1.165, 1.54) is 18.2 Å². The molecule has 0 aliphatic carbocycles. The standard InChI is InChI=1S/C12H14F2N2O4/c1-8-7-15(4-5-19-8)9-2-3-10(16(17)18)11(6-9)20-12(13)14/h2-3,6,8,12H,4-5,7H2,1H3/t8-/m0/s1. The smallest absolute Gasteiger partial charge is 0.387 e. The van der Waals surface area contributed by atoms with Gasteiger partial charge in [-0.1, -0.05) is 0 Å². The molecular weight excluding hydrogens is 274 g/mol. The van der Waals surface area contributed by atoms with Crippen molar-refractivity contribution in [2.45, 2.75) is 19.6 Å². The highest BCUT2D eigenvalue weighted by atomic mass is 19.3. The lowest BCUT2D eigenvalue weighted by Gasteiger charge is -2.33. The number of morpholine rings is 1. The van der Waals surface area contributed by atoms with Crippen molar-refractivity contribution < 1.29 is 23.2 Å². The second-order valence-corrected chi connectivity index (χ2v) is 4.42. The fourth-order valence-corrected chi connectivity index (χ4v) is 2.09. The molecule has 0 N–H and O–H groups in total. The maximum Gasteiger partial charge on any atom is 0.387 e. The summed E-state index contributed by atoms with van der Waals surface area (Å²) in [4.78, 5) is 12.0. The molecule has 0 spiro atoms. The number of nitro benzene ring substituents is 1. The number of hydrogen-bond acceptors (Lipinski definition) is 5. The quantitative estimate of drug-likeness (QED) is 0.629. The highest BCUT2D eigenvalue weighted by molar-refractivity contribution is 5.59. The van der Waals surface area contributed by atoms with Crippen LogP contribution in [0.1, 0.15) is 6.92 Å². The van der Waals surface area contributed by atoms with Crippen molar-refractivity contribution in [3.8, 4) is 5.75 Å². The van der Waals surface area contributed by atoms with E-state index in [9.17, 15) is 18.9 Å². The number of hydrogen-bond donors (Lipinski definition) is 0. The van der Waals surface area contributed by atoms with Crippen molar-refractivity contribution >= 4 is 11.4 Å². The Morgan fingerprint density at radius 2 is 2.30 bits per heavy atom. The van der Waals surface area contributed by atoms with Crippen LogP contribution in [0.15, 0.2) is 18.2 Å². The maximum absolute atomic E-state index is 12.3. The number of rotatable bonds is 4. The number of halogens is 2.